The van der Waals surface area contributed by atoms with Gasteiger partial charge in [0.25, 0.3) is 0 Å². The predicted molar refractivity (Wildman–Crippen MR) is 55.0 cm³/mol. The smallest absolute Gasteiger partial charge is 0.0438 e. The molecule has 12 heavy (non-hydrogen) atoms. The predicted octanol–water partition coefficient (Wildman–Crippen LogP) is 4.08. The Labute approximate surface area is 79.6 Å². The second-order valence-electron chi connectivity index (χ2n) is 3.61. The van der Waals surface area contributed by atoms with E-state index in [0.29, 0.717) is 5.92 Å². The van der Waals surface area contributed by atoms with Crippen molar-refractivity contribution in [3.63, 3.8) is 0 Å². The highest BCUT2D eigenvalue weighted by Crippen LogP contribution is 2.25. The maximum Gasteiger partial charge on any atom is 0.0438 e. The molecule has 0 fully saturated rings. The first kappa shape index (κ1) is 9.60. The lowest BCUT2D eigenvalue weighted by Crippen LogP contribution is -1.93. The lowest BCUT2D eigenvalue weighted by Gasteiger charge is -2.11. The van der Waals surface area contributed by atoms with E-state index in [1.54, 1.807) is 0 Å². The van der Waals surface area contributed by atoms with Crippen LogP contribution in [0.5, 0.6) is 0 Å². The van der Waals surface area contributed by atoms with Crippen LogP contribution >= 0.6 is 11.6 Å². The lowest BCUT2D eigenvalue weighted by molar-refractivity contribution is 0.856. The highest BCUT2D eigenvalue weighted by Gasteiger charge is 2.05. The first-order chi connectivity index (χ1) is 5.52. The van der Waals surface area contributed by atoms with Crippen molar-refractivity contribution in [3.05, 3.63) is 33.8 Å². The van der Waals surface area contributed by atoms with E-state index in [2.05, 4.69) is 32.9 Å². The zero-order valence-electron chi connectivity index (χ0n) is 8.11. The number of benzene rings is 1. The zero-order chi connectivity index (χ0) is 9.30. The zero-order valence-corrected chi connectivity index (χ0v) is 8.87. The molecule has 0 aliphatic rings. The van der Waals surface area contributed by atoms with Crippen LogP contribution in [-0.2, 0) is 0 Å². The van der Waals surface area contributed by atoms with Gasteiger partial charge in [-0.25, -0.2) is 0 Å². The first-order valence-electron chi connectivity index (χ1n) is 4.29. The molecule has 0 saturated heterocycles. The van der Waals surface area contributed by atoms with Crippen molar-refractivity contribution in [1.29, 1.82) is 0 Å². The third-order valence-corrected chi connectivity index (χ3v) is 2.58. The molecule has 0 aliphatic carbocycles. The van der Waals surface area contributed by atoms with Crippen LogP contribution in [-0.4, -0.2) is 0 Å². The molecule has 0 aliphatic heterocycles. The molecule has 0 aromatic heterocycles. The molecule has 0 saturated carbocycles. The topological polar surface area (TPSA) is 0 Å². The number of hydrogen-bond acceptors (Lipinski definition) is 0. The Morgan fingerprint density at radius 2 is 1.67 bits per heavy atom. The van der Waals surface area contributed by atoms with Crippen molar-refractivity contribution in [2.75, 3.05) is 0 Å². The van der Waals surface area contributed by atoms with Crippen molar-refractivity contribution in [2.24, 2.45) is 0 Å². The summed E-state index contributed by atoms with van der Waals surface area (Å²) in [5.41, 5.74) is 3.86. The molecule has 0 radical (unpaired) electrons. The van der Waals surface area contributed by atoms with Gasteiger partial charge in [-0.15, -0.1) is 0 Å². The van der Waals surface area contributed by atoms with Crippen molar-refractivity contribution >= 4 is 11.6 Å². The third-order valence-electron chi connectivity index (χ3n) is 2.17. The highest BCUT2D eigenvalue weighted by atomic mass is 35.5. The summed E-state index contributed by atoms with van der Waals surface area (Å²) in [4.78, 5) is 0. The Kier molecular flexibility index (Phi) is 2.79. The maximum absolute atomic E-state index is 6.03. The van der Waals surface area contributed by atoms with Gasteiger partial charge in [-0.05, 0) is 42.5 Å². The lowest BCUT2D eigenvalue weighted by atomic mass is 9.96. The van der Waals surface area contributed by atoms with Gasteiger partial charge < -0.3 is 0 Å². The van der Waals surface area contributed by atoms with Crippen molar-refractivity contribution in [1.82, 2.24) is 0 Å². The molecule has 1 aromatic rings. The number of halogens is 1. The van der Waals surface area contributed by atoms with Crippen LogP contribution in [0.25, 0.3) is 0 Å². The average molecular weight is 183 g/mol. The van der Waals surface area contributed by atoms with Crippen molar-refractivity contribution in [2.45, 2.75) is 33.6 Å². The molecule has 0 bridgehead atoms. The second kappa shape index (κ2) is 3.49. The van der Waals surface area contributed by atoms with Crippen LogP contribution in [0.15, 0.2) is 12.1 Å². The summed E-state index contributed by atoms with van der Waals surface area (Å²) in [6, 6.07) is 4.23. The van der Waals surface area contributed by atoms with Crippen molar-refractivity contribution < 1.29 is 0 Å². The van der Waals surface area contributed by atoms with Gasteiger partial charge in [-0.3, -0.25) is 0 Å². The Hall–Kier alpha value is -0.490. The number of aryl methyl sites for hydroxylation is 2. The van der Waals surface area contributed by atoms with E-state index >= 15 is 0 Å². The van der Waals surface area contributed by atoms with E-state index in [0.717, 1.165) is 5.02 Å². The largest absolute Gasteiger partial charge is 0.0840 e. The highest BCUT2D eigenvalue weighted by molar-refractivity contribution is 6.31. The molecule has 0 amide bonds. The fourth-order valence-corrected chi connectivity index (χ4v) is 1.64. The minimum absolute atomic E-state index is 0.558. The van der Waals surface area contributed by atoms with E-state index in [4.69, 9.17) is 11.6 Å². The SMILES string of the molecule is Cc1cc(C)c(C(C)C)cc1Cl. The van der Waals surface area contributed by atoms with E-state index in [9.17, 15) is 0 Å². The summed E-state index contributed by atoms with van der Waals surface area (Å²) in [7, 11) is 0. The molecular formula is C11H15Cl. The molecule has 66 valence electrons. The Bertz CT molecular complexity index is 287. The van der Waals surface area contributed by atoms with Crippen LogP contribution < -0.4 is 0 Å². The molecule has 0 N–H and O–H groups in total. The normalized spacial score (nSPS) is 10.8. The standard InChI is InChI=1S/C11H15Cl/c1-7(2)10-6-11(12)9(4)5-8(10)3/h5-7H,1-4H3. The number of hydrogen-bond donors (Lipinski definition) is 0. The van der Waals surface area contributed by atoms with E-state index in [1.165, 1.54) is 16.7 Å². The molecule has 0 unspecified atom stereocenters. The summed E-state index contributed by atoms with van der Waals surface area (Å²) in [6.45, 7) is 8.56. The summed E-state index contributed by atoms with van der Waals surface area (Å²) < 4.78 is 0. The molecule has 1 rings (SSSR count). The second-order valence-corrected chi connectivity index (χ2v) is 4.02. The van der Waals surface area contributed by atoms with Crippen LogP contribution in [0.1, 0.15) is 36.5 Å². The summed E-state index contributed by atoms with van der Waals surface area (Å²) >= 11 is 6.03. The van der Waals surface area contributed by atoms with Crippen LogP contribution in [0.3, 0.4) is 0 Å². The van der Waals surface area contributed by atoms with Gasteiger partial charge in [0, 0.05) is 5.02 Å². The minimum atomic E-state index is 0.558. The summed E-state index contributed by atoms with van der Waals surface area (Å²) in [6.07, 6.45) is 0. The first-order valence-corrected chi connectivity index (χ1v) is 4.67. The van der Waals surface area contributed by atoms with Gasteiger partial charge in [0.15, 0.2) is 0 Å². The maximum atomic E-state index is 6.03. The third kappa shape index (κ3) is 1.81. The van der Waals surface area contributed by atoms with Crippen LogP contribution in [0, 0.1) is 13.8 Å². The molecule has 1 heteroatoms. The Balaban J connectivity index is 3.23. The molecule has 1 aromatic carbocycles. The molecule has 0 spiro atoms. The van der Waals surface area contributed by atoms with E-state index in [1.807, 2.05) is 6.92 Å². The summed E-state index contributed by atoms with van der Waals surface area (Å²) in [5, 5.41) is 0.879. The van der Waals surface area contributed by atoms with Gasteiger partial charge in [0.2, 0.25) is 0 Å². The minimum Gasteiger partial charge on any atom is -0.0840 e. The Morgan fingerprint density at radius 1 is 1.08 bits per heavy atom. The average Bonchev–Trinajstić information content (AvgIpc) is 1.96. The molecule has 0 nitrogen and oxygen atoms in total. The van der Waals surface area contributed by atoms with E-state index < -0.39 is 0 Å². The van der Waals surface area contributed by atoms with Gasteiger partial charge in [-0.1, -0.05) is 31.5 Å². The fraction of sp³-hybridized carbons (Fsp3) is 0.455. The van der Waals surface area contributed by atoms with Gasteiger partial charge >= 0.3 is 0 Å². The van der Waals surface area contributed by atoms with Gasteiger partial charge in [0.1, 0.15) is 0 Å². The molecule has 0 atom stereocenters. The number of rotatable bonds is 1. The van der Waals surface area contributed by atoms with Crippen molar-refractivity contribution in [3.8, 4) is 0 Å². The van der Waals surface area contributed by atoms with E-state index in [-0.39, 0.29) is 0 Å². The monoisotopic (exact) mass is 182 g/mol. The van der Waals surface area contributed by atoms with Crippen LogP contribution in [0.2, 0.25) is 5.02 Å². The quantitative estimate of drug-likeness (QED) is 0.614. The van der Waals surface area contributed by atoms with Gasteiger partial charge in [-0.2, -0.15) is 0 Å². The van der Waals surface area contributed by atoms with Crippen LogP contribution in [0.4, 0.5) is 0 Å². The fourth-order valence-electron chi connectivity index (χ4n) is 1.46. The Morgan fingerprint density at radius 3 is 2.17 bits per heavy atom. The molecular weight excluding hydrogens is 168 g/mol. The summed E-state index contributed by atoms with van der Waals surface area (Å²) in [5.74, 6) is 0.558. The van der Waals surface area contributed by atoms with Gasteiger partial charge in [0.05, 0.1) is 0 Å². The molecule has 0 heterocycles.